The van der Waals surface area contributed by atoms with Crippen molar-refractivity contribution < 1.29 is 55.1 Å². The number of aliphatic hydroxyl groups is 8. The first-order valence-electron chi connectivity index (χ1n) is 8.58. The van der Waals surface area contributed by atoms with E-state index in [1.807, 2.05) is 0 Å². The standard InChI is InChI=1S/C16H29NO11/c1-6(2)15(26)17-10-14(25)13(24)9(4-19)28-16(10)27-5-8(21)12(23)11(22)7(20)3-18/h7-14,16,18-25H,1,3-5H2,2H3,(H,17,26)/t7-,8+,9+,10+,11+,12+,13+,14+,16-/m0/s1. The van der Waals surface area contributed by atoms with Crippen molar-refractivity contribution in [2.45, 2.75) is 62.0 Å². The topological polar surface area (TPSA) is 209 Å². The quantitative estimate of drug-likeness (QED) is 0.155. The summed E-state index contributed by atoms with van der Waals surface area (Å²) in [7, 11) is 0. The van der Waals surface area contributed by atoms with E-state index in [0.717, 1.165) is 0 Å². The Labute approximate surface area is 161 Å². The highest BCUT2D eigenvalue weighted by molar-refractivity contribution is 5.92. The Morgan fingerprint density at radius 2 is 1.68 bits per heavy atom. The summed E-state index contributed by atoms with van der Waals surface area (Å²) in [6, 6.07) is -1.31. The fourth-order valence-electron chi connectivity index (χ4n) is 2.51. The molecule has 9 N–H and O–H groups in total. The highest BCUT2D eigenvalue weighted by Gasteiger charge is 2.46. The minimum absolute atomic E-state index is 0.0984. The van der Waals surface area contributed by atoms with Crippen molar-refractivity contribution in [1.29, 1.82) is 0 Å². The van der Waals surface area contributed by atoms with Crippen LogP contribution in [0.25, 0.3) is 0 Å². The summed E-state index contributed by atoms with van der Waals surface area (Å²) in [6.45, 7) is 2.64. The maximum atomic E-state index is 11.9. The highest BCUT2D eigenvalue weighted by Crippen LogP contribution is 2.23. The number of rotatable bonds is 10. The molecule has 1 saturated heterocycles. The van der Waals surface area contributed by atoms with Crippen LogP contribution in [0, 0.1) is 0 Å². The first-order chi connectivity index (χ1) is 13.0. The van der Waals surface area contributed by atoms with Gasteiger partial charge in [0.2, 0.25) is 5.91 Å². The van der Waals surface area contributed by atoms with Crippen LogP contribution in [0.1, 0.15) is 6.92 Å². The van der Waals surface area contributed by atoms with Crippen molar-refractivity contribution >= 4 is 5.91 Å². The summed E-state index contributed by atoms with van der Waals surface area (Å²) in [6.07, 6.45) is -13.0. The van der Waals surface area contributed by atoms with Crippen LogP contribution < -0.4 is 5.32 Å². The molecule has 1 rings (SSSR count). The zero-order valence-electron chi connectivity index (χ0n) is 15.3. The van der Waals surface area contributed by atoms with Crippen LogP contribution >= 0.6 is 0 Å². The summed E-state index contributed by atoms with van der Waals surface area (Å²) in [5.74, 6) is -0.669. The van der Waals surface area contributed by atoms with Crippen molar-refractivity contribution in [3.63, 3.8) is 0 Å². The van der Waals surface area contributed by atoms with Crippen LogP contribution in [0.15, 0.2) is 12.2 Å². The first-order valence-corrected chi connectivity index (χ1v) is 8.58. The molecule has 28 heavy (non-hydrogen) atoms. The average molecular weight is 411 g/mol. The number of amides is 1. The van der Waals surface area contributed by atoms with Gasteiger partial charge in [-0.2, -0.15) is 0 Å². The highest BCUT2D eigenvalue weighted by atomic mass is 16.7. The molecule has 1 aliphatic heterocycles. The lowest BCUT2D eigenvalue weighted by atomic mass is 9.96. The largest absolute Gasteiger partial charge is 0.394 e. The fraction of sp³-hybridized carbons (Fsp3) is 0.812. The molecule has 1 heterocycles. The molecule has 12 heteroatoms. The number of hydrogen-bond acceptors (Lipinski definition) is 11. The van der Waals surface area contributed by atoms with E-state index >= 15 is 0 Å². The molecule has 0 radical (unpaired) electrons. The van der Waals surface area contributed by atoms with E-state index in [1.165, 1.54) is 6.92 Å². The van der Waals surface area contributed by atoms with E-state index in [0.29, 0.717) is 0 Å². The molecule has 0 aromatic rings. The number of hydrogen-bond donors (Lipinski definition) is 9. The summed E-state index contributed by atoms with van der Waals surface area (Å²) in [5, 5.41) is 79.2. The van der Waals surface area contributed by atoms with Gasteiger partial charge < -0.3 is 55.6 Å². The van der Waals surface area contributed by atoms with Gasteiger partial charge in [0.1, 0.15) is 48.8 Å². The zero-order chi connectivity index (χ0) is 21.6. The third kappa shape index (κ3) is 6.15. The number of aliphatic hydroxyl groups excluding tert-OH is 8. The molecule has 0 unspecified atom stereocenters. The van der Waals surface area contributed by atoms with Crippen molar-refractivity contribution in [3.8, 4) is 0 Å². The van der Waals surface area contributed by atoms with Gasteiger partial charge in [0, 0.05) is 5.57 Å². The Balaban J connectivity index is 2.84. The Kier molecular flexibility index (Phi) is 9.86. The second kappa shape index (κ2) is 11.1. The SMILES string of the molecule is C=C(C)C(=O)N[C@H]1[C@@H](OC[C@@H](O)[C@@H](O)[C@H](O)[C@@H](O)CO)O[C@H](CO)[C@@H](O)[C@@H]1O. The maximum absolute atomic E-state index is 11.9. The van der Waals surface area contributed by atoms with Crippen molar-refractivity contribution in [2.75, 3.05) is 19.8 Å². The zero-order valence-corrected chi connectivity index (χ0v) is 15.3. The lowest BCUT2D eigenvalue weighted by Crippen LogP contribution is -2.65. The van der Waals surface area contributed by atoms with Gasteiger partial charge in [0.15, 0.2) is 6.29 Å². The maximum Gasteiger partial charge on any atom is 0.246 e. The molecule has 1 fully saturated rings. The van der Waals surface area contributed by atoms with E-state index in [4.69, 9.17) is 14.6 Å². The van der Waals surface area contributed by atoms with Gasteiger partial charge in [-0.1, -0.05) is 6.58 Å². The van der Waals surface area contributed by atoms with Gasteiger partial charge in [0.05, 0.1) is 19.8 Å². The van der Waals surface area contributed by atoms with Crippen LogP contribution in [-0.2, 0) is 14.3 Å². The molecule has 0 aromatic carbocycles. The Hall–Kier alpha value is -1.19. The molecule has 1 amide bonds. The monoisotopic (exact) mass is 411 g/mol. The molecular formula is C16H29NO11. The molecular weight excluding hydrogens is 382 g/mol. The molecule has 0 saturated carbocycles. The van der Waals surface area contributed by atoms with Crippen LogP contribution in [0.4, 0.5) is 0 Å². The van der Waals surface area contributed by atoms with Crippen LogP contribution in [0.2, 0.25) is 0 Å². The van der Waals surface area contributed by atoms with E-state index in [2.05, 4.69) is 11.9 Å². The van der Waals surface area contributed by atoms with Gasteiger partial charge in [-0.05, 0) is 6.92 Å². The van der Waals surface area contributed by atoms with Gasteiger partial charge in [0.25, 0.3) is 0 Å². The summed E-state index contributed by atoms with van der Waals surface area (Å²) in [5.41, 5.74) is 0.0984. The molecule has 9 atom stereocenters. The van der Waals surface area contributed by atoms with E-state index in [-0.39, 0.29) is 5.57 Å². The Morgan fingerprint density at radius 1 is 1.11 bits per heavy atom. The Morgan fingerprint density at radius 3 is 2.18 bits per heavy atom. The van der Waals surface area contributed by atoms with Gasteiger partial charge in [-0.25, -0.2) is 0 Å². The van der Waals surface area contributed by atoms with Crippen molar-refractivity contribution in [1.82, 2.24) is 5.32 Å². The minimum atomic E-state index is -1.89. The summed E-state index contributed by atoms with van der Waals surface area (Å²) >= 11 is 0. The third-order valence-corrected chi connectivity index (χ3v) is 4.32. The van der Waals surface area contributed by atoms with Crippen molar-refractivity contribution in [2.24, 2.45) is 0 Å². The number of carbonyl (C=O) groups excluding carboxylic acids is 1. The number of ether oxygens (including phenoxy) is 2. The van der Waals surface area contributed by atoms with E-state index in [9.17, 15) is 40.5 Å². The van der Waals surface area contributed by atoms with Gasteiger partial charge in [-0.15, -0.1) is 0 Å². The van der Waals surface area contributed by atoms with E-state index < -0.39 is 80.8 Å². The van der Waals surface area contributed by atoms with E-state index in [1.54, 1.807) is 0 Å². The first kappa shape index (κ1) is 24.8. The third-order valence-electron chi connectivity index (χ3n) is 4.32. The second-order valence-corrected chi connectivity index (χ2v) is 6.62. The van der Waals surface area contributed by atoms with Crippen LogP contribution in [-0.4, -0.2) is 122 Å². The second-order valence-electron chi connectivity index (χ2n) is 6.62. The Bertz CT molecular complexity index is 519. The van der Waals surface area contributed by atoms with Gasteiger partial charge in [-0.3, -0.25) is 4.79 Å². The predicted octanol–water partition coefficient (Wildman–Crippen LogP) is -5.06. The lowest BCUT2D eigenvalue weighted by Gasteiger charge is -2.42. The normalized spacial score (nSPS) is 32.2. The molecule has 164 valence electrons. The van der Waals surface area contributed by atoms with Crippen molar-refractivity contribution in [3.05, 3.63) is 12.2 Å². The molecule has 0 bridgehead atoms. The van der Waals surface area contributed by atoms with Crippen LogP contribution in [0.5, 0.6) is 0 Å². The summed E-state index contributed by atoms with van der Waals surface area (Å²) in [4.78, 5) is 11.9. The predicted molar refractivity (Wildman–Crippen MR) is 91.6 cm³/mol. The number of nitrogens with one attached hydrogen (secondary N) is 1. The molecule has 1 aliphatic rings. The number of carbonyl (C=O) groups is 1. The minimum Gasteiger partial charge on any atom is -0.394 e. The molecule has 0 aliphatic carbocycles. The summed E-state index contributed by atoms with van der Waals surface area (Å²) < 4.78 is 10.6. The van der Waals surface area contributed by atoms with Gasteiger partial charge >= 0.3 is 0 Å². The van der Waals surface area contributed by atoms with Crippen LogP contribution in [0.3, 0.4) is 0 Å². The fourth-order valence-corrected chi connectivity index (χ4v) is 2.51. The molecule has 0 spiro atoms. The molecule has 0 aromatic heterocycles. The lowest BCUT2D eigenvalue weighted by molar-refractivity contribution is -0.277. The molecule has 12 nitrogen and oxygen atoms in total. The smallest absolute Gasteiger partial charge is 0.246 e. The average Bonchev–Trinajstić information content (AvgIpc) is 2.68.